The summed E-state index contributed by atoms with van der Waals surface area (Å²) in [7, 11) is 0. The van der Waals surface area contributed by atoms with Gasteiger partial charge in [-0.05, 0) is 18.8 Å². The molecule has 0 unspecified atom stereocenters. The van der Waals surface area contributed by atoms with Gasteiger partial charge in [-0.3, -0.25) is 15.0 Å². The molecule has 0 aliphatic heterocycles. The van der Waals surface area contributed by atoms with Crippen molar-refractivity contribution in [3.8, 4) is 0 Å². The third kappa shape index (κ3) is 7.23. The molecule has 0 heterocycles. The van der Waals surface area contributed by atoms with Crippen molar-refractivity contribution in [2.45, 2.75) is 46.6 Å². The number of carbonyl (C=O) groups is 2. The Kier molecular flexibility index (Phi) is 7.54. The Morgan fingerprint density at radius 1 is 1.31 bits per heavy atom. The van der Waals surface area contributed by atoms with Crippen molar-refractivity contribution in [3.05, 3.63) is 0 Å². The molecular formula is C11H22N2O3. The standard InChI is InChI=1S/C11H22N2O3/c1-5-6-16-11(15)10(7-8(2)3)13-12-9(4)14/h8,10,13H,5-7H2,1-4H3,(H,12,14)/t10-/m0/s1. The quantitative estimate of drug-likeness (QED) is 0.505. The minimum atomic E-state index is -0.476. The first-order chi connectivity index (χ1) is 7.47. The molecule has 0 aliphatic carbocycles. The van der Waals surface area contributed by atoms with Crippen LogP contribution in [0.25, 0.3) is 0 Å². The summed E-state index contributed by atoms with van der Waals surface area (Å²) < 4.78 is 5.03. The average molecular weight is 230 g/mol. The first-order valence-electron chi connectivity index (χ1n) is 5.66. The molecule has 1 amide bonds. The molecule has 0 rings (SSSR count). The fraction of sp³-hybridized carbons (Fsp3) is 0.818. The van der Waals surface area contributed by atoms with Gasteiger partial charge in [0.15, 0.2) is 0 Å². The van der Waals surface area contributed by atoms with Crippen molar-refractivity contribution in [2.24, 2.45) is 5.92 Å². The van der Waals surface area contributed by atoms with Gasteiger partial charge in [0.1, 0.15) is 6.04 Å². The predicted octanol–water partition coefficient (Wildman–Crippen LogP) is 0.995. The summed E-state index contributed by atoms with van der Waals surface area (Å²) in [5.41, 5.74) is 5.10. The van der Waals surface area contributed by atoms with Gasteiger partial charge in [0.2, 0.25) is 5.91 Å². The summed E-state index contributed by atoms with van der Waals surface area (Å²) in [5.74, 6) is -0.193. The van der Waals surface area contributed by atoms with Crippen LogP contribution in [0.1, 0.15) is 40.5 Å². The smallest absolute Gasteiger partial charge is 0.324 e. The van der Waals surface area contributed by atoms with Gasteiger partial charge in [-0.15, -0.1) is 0 Å². The van der Waals surface area contributed by atoms with Crippen LogP contribution in [-0.4, -0.2) is 24.5 Å². The number of ether oxygens (including phenoxy) is 1. The summed E-state index contributed by atoms with van der Waals surface area (Å²) in [6, 6.07) is -0.476. The predicted molar refractivity (Wildman–Crippen MR) is 61.4 cm³/mol. The minimum Gasteiger partial charge on any atom is -0.464 e. The zero-order valence-electron chi connectivity index (χ0n) is 10.5. The zero-order valence-corrected chi connectivity index (χ0v) is 10.5. The first-order valence-corrected chi connectivity index (χ1v) is 5.66. The normalized spacial score (nSPS) is 12.3. The minimum absolute atomic E-state index is 0.225. The van der Waals surface area contributed by atoms with Crippen molar-refractivity contribution in [1.29, 1.82) is 0 Å². The molecule has 5 heteroatoms. The highest BCUT2D eigenvalue weighted by Gasteiger charge is 2.20. The number of esters is 1. The van der Waals surface area contributed by atoms with E-state index in [9.17, 15) is 9.59 Å². The second kappa shape index (κ2) is 8.10. The number of amides is 1. The Bertz CT molecular complexity index is 229. The number of hydrazine groups is 1. The van der Waals surface area contributed by atoms with Crippen molar-refractivity contribution >= 4 is 11.9 Å². The van der Waals surface area contributed by atoms with Gasteiger partial charge >= 0.3 is 5.97 Å². The van der Waals surface area contributed by atoms with E-state index in [0.717, 1.165) is 6.42 Å². The van der Waals surface area contributed by atoms with Crippen LogP contribution in [0.2, 0.25) is 0 Å². The van der Waals surface area contributed by atoms with E-state index in [1.54, 1.807) is 0 Å². The van der Waals surface area contributed by atoms with E-state index < -0.39 is 6.04 Å². The molecule has 16 heavy (non-hydrogen) atoms. The van der Waals surface area contributed by atoms with Gasteiger partial charge in [0.05, 0.1) is 6.61 Å². The Hall–Kier alpha value is -1.10. The molecule has 0 radical (unpaired) electrons. The van der Waals surface area contributed by atoms with Crippen molar-refractivity contribution in [1.82, 2.24) is 10.9 Å². The van der Waals surface area contributed by atoms with Crippen molar-refractivity contribution in [2.75, 3.05) is 6.61 Å². The highest BCUT2D eigenvalue weighted by Crippen LogP contribution is 2.06. The Balaban J connectivity index is 4.17. The molecule has 0 bridgehead atoms. The maximum absolute atomic E-state index is 11.6. The largest absolute Gasteiger partial charge is 0.464 e. The highest BCUT2D eigenvalue weighted by atomic mass is 16.5. The third-order valence-corrected chi connectivity index (χ3v) is 1.86. The summed E-state index contributed by atoms with van der Waals surface area (Å²) in [6.45, 7) is 7.75. The molecule has 0 fully saturated rings. The van der Waals surface area contributed by atoms with E-state index in [1.165, 1.54) is 6.92 Å². The maximum atomic E-state index is 11.6. The maximum Gasteiger partial charge on any atom is 0.324 e. The van der Waals surface area contributed by atoms with E-state index in [2.05, 4.69) is 10.9 Å². The van der Waals surface area contributed by atoms with Crippen LogP contribution >= 0.6 is 0 Å². The lowest BCUT2D eigenvalue weighted by molar-refractivity contribution is -0.147. The van der Waals surface area contributed by atoms with Gasteiger partial charge in [0, 0.05) is 6.92 Å². The van der Waals surface area contributed by atoms with Crippen LogP contribution < -0.4 is 10.9 Å². The van der Waals surface area contributed by atoms with E-state index in [0.29, 0.717) is 18.9 Å². The number of rotatable bonds is 7. The number of nitrogens with one attached hydrogen (secondary N) is 2. The molecule has 0 aromatic rings. The van der Waals surface area contributed by atoms with Gasteiger partial charge < -0.3 is 4.74 Å². The van der Waals surface area contributed by atoms with Crippen LogP contribution in [0, 0.1) is 5.92 Å². The van der Waals surface area contributed by atoms with Crippen LogP contribution in [-0.2, 0) is 14.3 Å². The van der Waals surface area contributed by atoms with Gasteiger partial charge in [0.25, 0.3) is 0 Å². The molecule has 0 aromatic heterocycles. The molecule has 1 atom stereocenters. The second-order valence-corrected chi connectivity index (χ2v) is 4.18. The lowest BCUT2D eigenvalue weighted by Gasteiger charge is -2.19. The fourth-order valence-electron chi connectivity index (χ4n) is 1.18. The molecule has 2 N–H and O–H groups in total. The van der Waals surface area contributed by atoms with Crippen molar-refractivity contribution < 1.29 is 14.3 Å². The number of carbonyl (C=O) groups excluding carboxylic acids is 2. The Morgan fingerprint density at radius 3 is 2.38 bits per heavy atom. The SMILES string of the molecule is CCCOC(=O)[C@H](CC(C)C)NNC(C)=O. The molecule has 0 aromatic carbocycles. The highest BCUT2D eigenvalue weighted by molar-refractivity contribution is 5.77. The lowest BCUT2D eigenvalue weighted by atomic mass is 10.0. The van der Waals surface area contributed by atoms with Gasteiger partial charge in [-0.2, -0.15) is 0 Å². The molecule has 0 aliphatic rings. The molecule has 0 saturated carbocycles. The summed E-state index contributed by atoms with van der Waals surface area (Å²) in [5, 5.41) is 0. The fourth-order valence-corrected chi connectivity index (χ4v) is 1.18. The van der Waals surface area contributed by atoms with Gasteiger partial charge in [-0.1, -0.05) is 20.8 Å². The zero-order chi connectivity index (χ0) is 12.6. The molecule has 94 valence electrons. The third-order valence-electron chi connectivity index (χ3n) is 1.86. The molecule has 5 nitrogen and oxygen atoms in total. The van der Waals surface area contributed by atoms with Crippen LogP contribution in [0.4, 0.5) is 0 Å². The van der Waals surface area contributed by atoms with Crippen LogP contribution in [0.15, 0.2) is 0 Å². The number of hydrogen-bond donors (Lipinski definition) is 2. The van der Waals surface area contributed by atoms with E-state index in [4.69, 9.17) is 4.74 Å². The van der Waals surface area contributed by atoms with Crippen LogP contribution in [0.3, 0.4) is 0 Å². The lowest BCUT2D eigenvalue weighted by Crippen LogP contribution is -2.48. The Labute approximate surface area is 96.9 Å². The van der Waals surface area contributed by atoms with Gasteiger partial charge in [-0.25, -0.2) is 5.43 Å². The monoisotopic (exact) mass is 230 g/mol. The second-order valence-electron chi connectivity index (χ2n) is 4.18. The first kappa shape index (κ1) is 14.9. The number of hydrogen-bond acceptors (Lipinski definition) is 4. The topological polar surface area (TPSA) is 67.4 Å². The summed E-state index contributed by atoms with van der Waals surface area (Å²) in [4.78, 5) is 22.4. The molecule has 0 saturated heterocycles. The summed E-state index contributed by atoms with van der Waals surface area (Å²) >= 11 is 0. The average Bonchev–Trinajstić information content (AvgIpc) is 2.19. The Morgan fingerprint density at radius 2 is 1.94 bits per heavy atom. The summed E-state index contributed by atoms with van der Waals surface area (Å²) in [6.07, 6.45) is 1.42. The van der Waals surface area contributed by atoms with E-state index in [1.807, 2.05) is 20.8 Å². The van der Waals surface area contributed by atoms with Crippen LogP contribution in [0.5, 0.6) is 0 Å². The van der Waals surface area contributed by atoms with E-state index in [-0.39, 0.29) is 11.9 Å². The van der Waals surface area contributed by atoms with E-state index >= 15 is 0 Å². The molecular weight excluding hydrogens is 208 g/mol. The molecule has 0 spiro atoms. The van der Waals surface area contributed by atoms with Crippen molar-refractivity contribution in [3.63, 3.8) is 0 Å².